The van der Waals surface area contributed by atoms with E-state index in [2.05, 4.69) is 26.7 Å². The Hall–Kier alpha value is -1.53. The summed E-state index contributed by atoms with van der Waals surface area (Å²) in [6.07, 6.45) is 2.04. The van der Waals surface area contributed by atoms with E-state index in [4.69, 9.17) is 5.11 Å². The molecule has 0 rings (SSSR count). The number of aliphatic hydroxyl groups excluding tert-OH is 1. The van der Waals surface area contributed by atoms with Crippen molar-refractivity contribution in [3.8, 4) is 0 Å². The van der Waals surface area contributed by atoms with Crippen LogP contribution in [0.15, 0.2) is 36.5 Å². The van der Waals surface area contributed by atoms with Crippen molar-refractivity contribution in [2.75, 3.05) is 6.61 Å². The molecule has 1 N–H and O–H groups in total. The Morgan fingerprint density at radius 1 is 0.792 bits per heavy atom. The second-order valence-corrected chi connectivity index (χ2v) is 4.28. The Morgan fingerprint density at radius 3 is 0.958 bits per heavy atom. The van der Waals surface area contributed by atoms with Crippen LogP contribution in [0.3, 0.4) is 0 Å². The van der Waals surface area contributed by atoms with Gasteiger partial charge in [-0.2, -0.15) is 0 Å². The molecule has 0 spiro atoms. The van der Waals surface area contributed by atoms with Crippen molar-refractivity contribution in [1.82, 2.24) is 0 Å². The number of unbranched alkanes of at least 4 members (excludes halogenated alkanes) is 1. The summed E-state index contributed by atoms with van der Waals surface area (Å²) >= 11 is 0. The van der Waals surface area contributed by atoms with Crippen LogP contribution in [0.5, 0.6) is 0 Å². The molecule has 0 aromatic carbocycles. The quantitative estimate of drug-likeness (QED) is 0.546. The fourth-order valence-electron chi connectivity index (χ4n) is 0.158. The molecule has 0 aliphatic carbocycles. The normalized spacial score (nSPS) is 7.38. The zero-order chi connectivity index (χ0) is 19.6. The van der Waals surface area contributed by atoms with Gasteiger partial charge in [0.15, 0.2) is 0 Å². The van der Waals surface area contributed by atoms with E-state index >= 15 is 0 Å². The molecule has 135 valence electrons. The van der Waals surface area contributed by atoms with E-state index in [1.54, 1.807) is 0 Å². The predicted octanol–water partition coefficient (Wildman–Crippen LogP) is -1.29. The van der Waals surface area contributed by atoms with Gasteiger partial charge in [-0.15, -0.1) is 0 Å². The summed E-state index contributed by atoms with van der Waals surface area (Å²) in [5.41, 5.74) is 0.194. The van der Waals surface area contributed by atoms with E-state index in [-0.39, 0.29) is 42.9 Å². The number of hydrogen-bond donors (Lipinski definition) is 1. The van der Waals surface area contributed by atoms with Crippen LogP contribution in [0.2, 0.25) is 0 Å². The molecule has 0 fully saturated rings. The van der Waals surface area contributed by atoms with Crippen LogP contribution in [-0.4, -0.2) is 29.6 Å². The molecule has 24 heavy (non-hydrogen) atoms. The first kappa shape index (κ1) is 33.9. The molecule has 0 aromatic rings. The zero-order valence-electron chi connectivity index (χ0n) is 14.6. The van der Waals surface area contributed by atoms with E-state index in [1.165, 1.54) is 20.8 Å². The maximum absolute atomic E-state index is 9.49. The van der Waals surface area contributed by atoms with Gasteiger partial charge in [0.2, 0.25) is 0 Å². The molecule has 0 aliphatic heterocycles. The number of carbonyl (C=O) groups is 3. The van der Waals surface area contributed by atoms with Gasteiger partial charge in [0.1, 0.15) is 0 Å². The monoisotopic (exact) mass is 419 g/mol. The van der Waals surface area contributed by atoms with Gasteiger partial charge < -0.3 is 34.8 Å². The van der Waals surface area contributed by atoms with Crippen molar-refractivity contribution in [3.05, 3.63) is 36.5 Å². The largest absolute Gasteiger partial charge is 3.00 e. The Kier molecular flexibility index (Phi) is 33.6. The third kappa shape index (κ3) is 49.9. The SMILES string of the molecule is C=C(C)C(=O)[O-].C=C(C)C(=O)[O-].C=C(C)C(=O)[O-].CCCCO.[Zr+3]. The van der Waals surface area contributed by atoms with Crippen LogP contribution in [0.1, 0.15) is 40.5 Å². The molecule has 0 heterocycles. The molecule has 8 heteroatoms. The number of hydrogen-bond acceptors (Lipinski definition) is 7. The molecule has 0 saturated heterocycles. The van der Waals surface area contributed by atoms with Crippen molar-refractivity contribution >= 4 is 17.9 Å². The van der Waals surface area contributed by atoms with Crippen LogP contribution in [0, 0.1) is 0 Å². The number of carboxylic acids is 3. The van der Waals surface area contributed by atoms with Crippen LogP contribution in [-0.2, 0) is 40.6 Å². The predicted molar refractivity (Wildman–Crippen MR) is 81.5 cm³/mol. The summed E-state index contributed by atoms with van der Waals surface area (Å²) in [6, 6.07) is 0. The van der Waals surface area contributed by atoms with Crippen molar-refractivity contribution in [2.24, 2.45) is 0 Å². The van der Waals surface area contributed by atoms with Gasteiger partial charge in [-0.05, 0) is 43.9 Å². The molecule has 0 aliphatic rings. The van der Waals surface area contributed by atoms with E-state index < -0.39 is 17.9 Å². The Bertz CT molecular complexity index is 320. The Morgan fingerprint density at radius 2 is 0.958 bits per heavy atom. The summed E-state index contributed by atoms with van der Waals surface area (Å²) in [5, 5.41) is 36.5. The van der Waals surface area contributed by atoms with Crippen molar-refractivity contribution < 1.29 is 61.0 Å². The third-order valence-corrected chi connectivity index (χ3v) is 1.56. The van der Waals surface area contributed by atoms with E-state index in [0.29, 0.717) is 6.61 Å². The standard InChI is InChI=1S/3C4H6O2.C4H10O.Zr/c3*1-3(2)4(5)6;1-2-3-4-5;/h3*1H2,2H3,(H,5,6);5H,2-4H2,1H3;/q;;;;+3/p-3. The van der Waals surface area contributed by atoms with Crippen molar-refractivity contribution in [1.29, 1.82) is 0 Å². The van der Waals surface area contributed by atoms with Gasteiger partial charge >= 0.3 is 26.2 Å². The molecular weight excluding hydrogens is 395 g/mol. The first-order valence-electron chi connectivity index (χ1n) is 6.56. The van der Waals surface area contributed by atoms with Crippen LogP contribution in [0.4, 0.5) is 0 Å². The van der Waals surface area contributed by atoms with E-state index in [1.807, 2.05) is 0 Å². The molecule has 0 amide bonds. The third-order valence-electron chi connectivity index (χ3n) is 1.56. The zero-order valence-corrected chi connectivity index (χ0v) is 17.1. The minimum Gasteiger partial charge on any atom is -0.545 e. The van der Waals surface area contributed by atoms with Gasteiger partial charge in [0, 0.05) is 6.61 Å². The first-order valence-corrected chi connectivity index (χ1v) is 6.56. The molecular formula is C16H25O7Zr. The molecule has 0 atom stereocenters. The summed E-state index contributed by atoms with van der Waals surface area (Å²) in [7, 11) is 0. The van der Waals surface area contributed by atoms with E-state index in [0.717, 1.165) is 12.8 Å². The Labute approximate surface area is 162 Å². The summed E-state index contributed by atoms with van der Waals surface area (Å²) < 4.78 is 0. The van der Waals surface area contributed by atoms with Gasteiger partial charge in [0.25, 0.3) is 0 Å². The van der Waals surface area contributed by atoms with Crippen LogP contribution < -0.4 is 15.3 Å². The van der Waals surface area contributed by atoms with Crippen LogP contribution >= 0.6 is 0 Å². The maximum Gasteiger partial charge on any atom is 3.00 e. The summed E-state index contributed by atoms with van der Waals surface area (Å²) in [5.74, 6) is -3.56. The van der Waals surface area contributed by atoms with Crippen molar-refractivity contribution in [2.45, 2.75) is 40.5 Å². The minimum atomic E-state index is -1.19. The first-order chi connectivity index (χ1) is 10.3. The summed E-state index contributed by atoms with van der Waals surface area (Å²) in [4.78, 5) is 28.5. The fraction of sp³-hybridized carbons (Fsp3) is 0.438. The topological polar surface area (TPSA) is 141 Å². The number of carbonyl (C=O) groups excluding carboxylic acids is 3. The second kappa shape index (κ2) is 23.7. The average molecular weight is 421 g/mol. The van der Waals surface area contributed by atoms with Gasteiger partial charge in [0.05, 0.1) is 17.9 Å². The summed E-state index contributed by atoms with van der Waals surface area (Å²) in [6.45, 7) is 15.8. The average Bonchev–Trinajstić information content (AvgIpc) is 2.41. The van der Waals surface area contributed by atoms with Crippen LogP contribution in [0.25, 0.3) is 0 Å². The number of rotatable bonds is 5. The van der Waals surface area contributed by atoms with Gasteiger partial charge in [-0.25, -0.2) is 0 Å². The van der Waals surface area contributed by atoms with Crippen molar-refractivity contribution in [3.63, 3.8) is 0 Å². The van der Waals surface area contributed by atoms with E-state index in [9.17, 15) is 29.7 Å². The van der Waals surface area contributed by atoms with Gasteiger partial charge in [-0.3, -0.25) is 0 Å². The number of aliphatic hydroxyl groups is 1. The fourth-order valence-corrected chi connectivity index (χ4v) is 0.158. The molecule has 1 radical (unpaired) electrons. The molecule has 7 nitrogen and oxygen atoms in total. The molecule has 0 bridgehead atoms. The number of aliphatic carboxylic acids is 3. The maximum atomic E-state index is 9.49. The number of carboxylic acid groups (broad SMARTS) is 3. The molecule has 0 saturated carbocycles. The second-order valence-electron chi connectivity index (χ2n) is 4.28. The Balaban J connectivity index is -0.0000000661. The molecule has 0 aromatic heterocycles. The minimum absolute atomic E-state index is 0. The molecule has 0 unspecified atom stereocenters. The van der Waals surface area contributed by atoms with Gasteiger partial charge in [-0.1, -0.05) is 33.1 Å². The smallest absolute Gasteiger partial charge is 0.545 e.